The van der Waals surface area contributed by atoms with Gasteiger partial charge in [0.05, 0.1) is 6.10 Å². The number of carboxylic acid groups (broad SMARTS) is 1. The van der Waals surface area contributed by atoms with E-state index in [4.69, 9.17) is 5.11 Å². The Morgan fingerprint density at radius 3 is 2.70 bits per heavy atom. The molecule has 1 aliphatic carbocycles. The van der Waals surface area contributed by atoms with Crippen molar-refractivity contribution in [2.24, 2.45) is 11.8 Å². The monoisotopic (exact) mass is 368 g/mol. The van der Waals surface area contributed by atoms with E-state index in [0.717, 1.165) is 6.42 Å². The van der Waals surface area contributed by atoms with Crippen molar-refractivity contribution in [1.82, 2.24) is 0 Å². The zero-order valence-corrected chi connectivity index (χ0v) is 15.5. The fourth-order valence-electron chi connectivity index (χ4n) is 3.17. The Kier molecular flexibility index (Phi) is 8.72. The van der Waals surface area contributed by atoms with E-state index in [-0.39, 0.29) is 24.0 Å². The zero-order chi connectivity index (χ0) is 19.5. The number of aliphatic carboxylic acids is 1. The number of hydrogen-bond donors (Lipinski definition) is 2. The first-order chi connectivity index (χ1) is 13.1. The van der Waals surface area contributed by atoms with Crippen LogP contribution < -0.4 is 0 Å². The summed E-state index contributed by atoms with van der Waals surface area (Å²) in [5.41, 5.74) is 1.20. The molecule has 0 spiro atoms. The topological polar surface area (TPSA) is 74.6 Å². The predicted molar refractivity (Wildman–Crippen MR) is 106 cm³/mol. The molecule has 1 aromatic rings. The molecular weight excluding hydrogens is 340 g/mol. The molecule has 3 atom stereocenters. The molecule has 2 rings (SSSR count). The molecule has 27 heavy (non-hydrogen) atoms. The second-order valence-electron chi connectivity index (χ2n) is 6.91. The minimum atomic E-state index is -0.783. The van der Waals surface area contributed by atoms with Gasteiger partial charge in [-0.3, -0.25) is 9.59 Å². The second kappa shape index (κ2) is 11.3. The van der Waals surface area contributed by atoms with Gasteiger partial charge in [0.25, 0.3) is 0 Å². The van der Waals surface area contributed by atoms with Crippen molar-refractivity contribution in [3.8, 4) is 0 Å². The highest BCUT2D eigenvalue weighted by Crippen LogP contribution is 2.27. The van der Waals surface area contributed by atoms with Crippen molar-refractivity contribution in [3.63, 3.8) is 0 Å². The maximum absolute atomic E-state index is 12.1. The van der Waals surface area contributed by atoms with Crippen LogP contribution >= 0.6 is 0 Å². The normalized spacial score (nSPS) is 20.7. The molecule has 0 amide bonds. The highest BCUT2D eigenvalue weighted by Gasteiger charge is 2.27. The van der Waals surface area contributed by atoms with Crippen LogP contribution in [0.15, 0.2) is 66.8 Å². The van der Waals surface area contributed by atoms with Crippen LogP contribution in [-0.4, -0.2) is 28.1 Å². The number of aliphatic hydroxyl groups is 1. The number of carbonyl (C=O) groups is 2. The minimum Gasteiger partial charge on any atom is -0.481 e. The van der Waals surface area contributed by atoms with Gasteiger partial charge < -0.3 is 10.2 Å². The predicted octanol–water partition coefficient (Wildman–Crippen LogP) is 4.11. The average molecular weight is 368 g/mol. The SMILES string of the molecule is O=C(O)CCC/C=C/C[C@H]1C(=O)C=C[C@@H]1C=C[C@@H](O)CCc1ccccc1. The van der Waals surface area contributed by atoms with Crippen LogP contribution in [0.1, 0.15) is 37.7 Å². The van der Waals surface area contributed by atoms with E-state index < -0.39 is 12.1 Å². The molecule has 0 aliphatic heterocycles. The lowest BCUT2D eigenvalue weighted by Crippen LogP contribution is -2.14. The van der Waals surface area contributed by atoms with Crippen LogP contribution in [-0.2, 0) is 16.0 Å². The molecule has 0 aromatic heterocycles. The van der Waals surface area contributed by atoms with Crippen LogP contribution in [0.3, 0.4) is 0 Å². The third-order valence-electron chi connectivity index (χ3n) is 4.76. The maximum atomic E-state index is 12.1. The lowest BCUT2D eigenvalue weighted by molar-refractivity contribution is -0.137. The Hall–Kier alpha value is -2.46. The Morgan fingerprint density at radius 1 is 1.19 bits per heavy atom. The smallest absolute Gasteiger partial charge is 0.303 e. The standard InChI is InChI=1S/C23H28O4/c24-20(15-12-18-8-4-3-5-9-18)16-13-19-14-17-22(25)21(19)10-6-1-2-7-11-23(26)27/h1,3-6,8-9,13-14,16-17,19-21,24H,2,7,10-12,15H2,(H,26,27)/b6-1+,16-13?/t19-,20-,21+/m0/s1. The molecule has 0 radical (unpaired) electrons. The van der Waals surface area contributed by atoms with Crippen molar-refractivity contribution in [2.75, 3.05) is 0 Å². The van der Waals surface area contributed by atoms with E-state index in [0.29, 0.717) is 25.7 Å². The van der Waals surface area contributed by atoms with Gasteiger partial charge in [0, 0.05) is 18.3 Å². The number of benzene rings is 1. The Bertz CT molecular complexity index is 688. The summed E-state index contributed by atoms with van der Waals surface area (Å²) in [6.45, 7) is 0. The summed E-state index contributed by atoms with van der Waals surface area (Å²) in [6.07, 6.45) is 14.2. The number of unbranched alkanes of at least 4 members (excludes halogenated alkanes) is 1. The maximum Gasteiger partial charge on any atom is 0.303 e. The quantitative estimate of drug-likeness (QED) is 0.455. The van der Waals surface area contributed by atoms with Crippen molar-refractivity contribution in [1.29, 1.82) is 0 Å². The Balaban J connectivity index is 1.76. The van der Waals surface area contributed by atoms with Gasteiger partial charge in [-0.15, -0.1) is 0 Å². The van der Waals surface area contributed by atoms with Gasteiger partial charge in [0.1, 0.15) is 0 Å². The van der Waals surface area contributed by atoms with Crippen molar-refractivity contribution in [3.05, 3.63) is 72.4 Å². The molecule has 0 saturated carbocycles. The molecule has 0 saturated heterocycles. The van der Waals surface area contributed by atoms with Crippen LogP contribution in [0, 0.1) is 11.8 Å². The summed E-state index contributed by atoms with van der Waals surface area (Å²) in [5, 5.41) is 18.8. The first-order valence-electron chi connectivity index (χ1n) is 9.55. The van der Waals surface area contributed by atoms with E-state index in [1.807, 2.05) is 54.6 Å². The highest BCUT2D eigenvalue weighted by atomic mass is 16.4. The molecule has 1 aromatic carbocycles. The van der Waals surface area contributed by atoms with Crippen LogP contribution in [0.25, 0.3) is 0 Å². The van der Waals surface area contributed by atoms with E-state index >= 15 is 0 Å². The number of aryl methyl sites for hydroxylation is 1. The largest absolute Gasteiger partial charge is 0.481 e. The zero-order valence-electron chi connectivity index (χ0n) is 15.5. The molecule has 144 valence electrons. The van der Waals surface area contributed by atoms with Crippen LogP contribution in [0.2, 0.25) is 0 Å². The minimum absolute atomic E-state index is 0.00699. The van der Waals surface area contributed by atoms with E-state index in [2.05, 4.69) is 0 Å². The van der Waals surface area contributed by atoms with E-state index in [9.17, 15) is 14.7 Å². The average Bonchev–Trinajstić information content (AvgIpc) is 3.01. The summed E-state index contributed by atoms with van der Waals surface area (Å²) in [7, 11) is 0. The lowest BCUT2D eigenvalue weighted by atomic mass is 9.90. The number of aliphatic hydroxyl groups excluding tert-OH is 1. The van der Waals surface area contributed by atoms with Crippen molar-refractivity contribution >= 4 is 11.8 Å². The number of hydrogen-bond acceptors (Lipinski definition) is 3. The summed E-state index contributed by atoms with van der Waals surface area (Å²) in [6, 6.07) is 10.1. The van der Waals surface area contributed by atoms with Gasteiger partial charge >= 0.3 is 5.97 Å². The summed E-state index contributed by atoms with van der Waals surface area (Å²) < 4.78 is 0. The van der Waals surface area contributed by atoms with E-state index in [1.54, 1.807) is 12.2 Å². The molecule has 0 unspecified atom stereocenters. The molecule has 4 heteroatoms. The lowest BCUT2D eigenvalue weighted by Gasteiger charge is -2.13. The number of rotatable bonds is 11. The van der Waals surface area contributed by atoms with Gasteiger partial charge in [0.2, 0.25) is 0 Å². The molecule has 0 bridgehead atoms. The molecule has 2 N–H and O–H groups in total. The van der Waals surface area contributed by atoms with Gasteiger partial charge in [-0.05, 0) is 43.7 Å². The van der Waals surface area contributed by atoms with Gasteiger partial charge in [0.15, 0.2) is 5.78 Å². The molecular formula is C23H28O4. The first kappa shape index (κ1) is 20.8. The Morgan fingerprint density at radius 2 is 1.96 bits per heavy atom. The number of ketones is 1. The summed E-state index contributed by atoms with van der Waals surface area (Å²) in [5.74, 6) is -0.793. The number of allylic oxidation sites excluding steroid dienone is 5. The fraction of sp³-hybridized carbons (Fsp3) is 0.391. The molecule has 1 aliphatic rings. The first-order valence-corrected chi connectivity index (χ1v) is 9.55. The third kappa shape index (κ3) is 7.75. The Labute approximate surface area is 160 Å². The van der Waals surface area contributed by atoms with Crippen molar-refractivity contribution in [2.45, 2.75) is 44.6 Å². The second-order valence-corrected chi connectivity index (χ2v) is 6.91. The summed E-state index contributed by atoms with van der Waals surface area (Å²) >= 11 is 0. The third-order valence-corrected chi connectivity index (χ3v) is 4.76. The molecule has 0 fully saturated rings. The molecule has 0 heterocycles. The fourth-order valence-corrected chi connectivity index (χ4v) is 3.17. The van der Waals surface area contributed by atoms with E-state index in [1.165, 1.54) is 5.56 Å². The van der Waals surface area contributed by atoms with Gasteiger partial charge in [-0.25, -0.2) is 0 Å². The highest BCUT2D eigenvalue weighted by molar-refractivity contribution is 5.95. The summed E-state index contributed by atoms with van der Waals surface area (Å²) in [4.78, 5) is 22.5. The van der Waals surface area contributed by atoms with Crippen LogP contribution in [0.5, 0.6) is 0 Å². The van der Waals surface area contributed by atoms with Gasteiger partial charge in [-0.1, -0.05) is 60.7 Å². The van der Waals surface area contributed by atoms with Crippen LogP contribution in [0.4, 0.5) is 0 Å². The number of carboxylic acids is 1. The van der Waals surface area contributed by atoms with Crippen molar-refractivity contribution < 1.29 is 19.8 Å². The molecule has 4 nitrogen and oxygen atoms in total. The van der Waals surface area contributed by atoms with Gasteiger partial charge in [-0.2, -0.15) is 0 Å². The number of carbonyl (C=O) groups excluding carboxylic acids is 1.